The third kappa shape index (κ3) is 5.83. The summed E-state index contributed by atoms with van der Waals surface area (Å²) in [5, 5.41) is 13.2. The molecule has 0 bridgehead atoms. The van der Waals surface area contributed by atoms with E-state index in [4.69, 9.17) is 8.92 Å². The molecule has 0 fully saturated rings. The highest BCUT2D eigenvalue weighted by Gasteiger charge is 2.19. The molecule has 0 saturated carbocycles. The van der Waals surface area contributed by atoms with Crippen molar-refractivity contribution in [2.45, 2.75) is 11.8 Å². The molecule has 3 aromatic rings. The van der Waals surface area contributed by atoms with Crippen LogP contribution in [0.5, 0.6) is 17.2 Å². The Morgan fingerprint density at radius 3 is 2.42 bits per heavy atom. The number of nitrogens with zero attached hydrogens (tertiary/aromatic N) is 1. The van der Waals surface area contributed by atoms with Crippen LogP contribution in [0.15, 0.2) is 82.8 Å². The predicted octanol–water partition coefficient (Wildman–Crippen LogP) is 3.32. The number of aromatic hydroxyl groups is 1. The lowest BCUT2D eigenvalue weighted by atomic mass is 10.2. The quantitative estimate of drug-likeness (QED) is 0.316. The van der Waals surface area contributed by atoms with Crippen LogP contribution in [-0.2, 0) is 10.1 Å². The highest BCUT2D eigenvalue weighted by Crippen LogP contribution is 2.30. The molecular weight excluding hydrogens is 420 g/mol. The number of hydrogen-bond donors (Lipinski definition) is 2. The van der Waals surface area contributed by atoms with Gasteiger partial charge in [-0.15, -0.1) is 0 Å². The van der Waals surface area contributed by atoms with Crippen molar-refractivity contribution in [3.8, 4) is 17.2 Å². The lowest BCUT2D eigenvalue weighted by Crippen LogP contribution is -2.17. The van der Waals surface area contributed by atoms with Gasteiger partial charge in [-0.05, 0) is 67.1 Å². The number of phenolic OH excluding ortho intramolecular Hbond substituents is 1. The highest BCUT2D eigenvalue weighted by molar-refractivity contribution is 7.87. The topological polar surface area (TPSA) is 114 Å². The normalized spacial score (nSPS) is 11.3. The molecule has 8 nitrogen and oxygen atoms in total. The number of hydrazone groups is 1. The maximum absolute atomic E-state index is 12.5. The summed E-state index contributed by atoms with van der Waals surface area (Å²) in [6, 6.07) is 18.1. The van der Waals surface area contributed by atoms with E-state index in [1.54, 1.807) is 37.3 Å². The summed E-state index contributed by atoms with van der Waals surface area (Å²) in [5.74, 6) is -0.137. The molecule has 0 aliphatic heterocycles. The van der Waals surface area contributed by atoms with Crippen molar-refractivity contribution in [3.05, 3.63) is 83.9 Å². The van der Waals surface area contributed by atoms with Crippen LogP contribution in [0.1, 0.15) is 22.8 Å². The molecule has 3 aromatic carbocycles. The summed E-state index contributed by atoms with van der Waals surface area (Å²) in [6.45, 7) is 2.05. The standard InChI is InChI=1S/C22H20N2O6S/c1-2-29-21-14-16(15-23-24-22(26)17-9-11-18(25)12-10-17)8-13-20(21)30-31(27,28)19-6-4-3-5-7-19/h3-15,25H,2H2,1H3,(H,24,26)/b23-15+. The average Bonchev–Trinajstić information content (AvgIpc) is 2.76. The molecule has 0 aliphatic carbocycles. The van der Waals surface area contributed by atoms with Gasteiger partial charge in [0.2, 0.25) is 0 Å². The van der Waals surface area contributed by atoms with Crippen LogP contribution in [0.2, 0.25) is 0 Å². The van der Waals surface area contributed by atoms with Gasteiger partial charge >= 0.3 is 10.1 Å². The Morgan fingerprint density at radius 1 is 1.03 bits per heavy atom. The van der Waals surface area contributed by atoms with Gasteiger partial charge in [0.05, 0.1) is 12.8 Å². The van der Waals surface area contributed by atoms with Crippen LogP contribution >= 0.6 is 0 Å². The molecule has 160 valence electrons. The highest BCUT2D eigenvalue weighted by atomic mass is 32.2. The maximum atomic E-state index is 12.5. The lowest BCUT2D eigenvalue weighted by Gasteiger charge is -2.12. The zero-order valence-electron chi connectivity index (χ0n) is 16.6. The first-order valence-corrected chi connectivity index (χ1v) is 10.7. The summed E-state index contributed by atoms with van der Waals surface area (Å²) in [4.78, 5) is 12.1. The fourth-order valence-electron chi connectivity index (χ4n) is 2.54. The smallest absolute Gasteiger partial charge is 0.339 e. The molecule has 0 aliphatic rings. The number of carbonyl (C=O) groups is 1. The molecule has 2 N–H and O–H groups in total. The first-order valence-electron chi connectivity index (χ1n) is 9.28. The van der Waals surface area contributed by atoms with E-state index in [1.165, 1.54) is 48.7 Å². The van der Waals surface area contributed by atoms with E-state index < -0.39 is 16.0 Å². The monoisotopic (exact) mass is 440 g/mol. The Balaban J connectivity index is 1.74. The zero-order chi connectivity index (χ0) is 22.3. The lowest BCUT2D eigenvalue weighted by molar-refractivity contribution is 0.0955. The molecule has 0 radical (unpaired) electrons. The van der Waals surface area contributed by atoms with Crippen molar-refractivity contribution in [3.63, 3.8) is 0 Å². The van der Waals surface area contributed by atoms with Gasteiger partial charge in [-0.2, -0.15) is 13.5 Å². The molecular formula is C22H20N2O6S. The van der Waals surface area contributed by atoms with Crippen LogP contribution in [0.25, 0.3) is 0 Å². The molecule has 9 heteroatoms. The SMILES string of the molecule is CCOc1cc(/C=N/NC(=O)c2ccc(O)cc2)ccc1OS(=O)(=O)c1ccccc1. The number of rotatable bonds is 8. The largest absolute Gasteiger partial charge is 0.508 e. The Labute approximate surface area is 179 Å². The Hall–Kier alpha value is -3.85. The number of benzene rings is 3. The molecule has 0 unspecified atom stereocenters. The number of amides is 1. The van der Waals surface area contributed by atoms with Gasteiger partial charge < -0.3 is 14.0 Å². The second-order valence-corrected chi connectivity index (χ2v) is 7.78. The fraction of sp³-hybridized carbons (Fsp3) is 0.0909. The third-order valence-corrected chi connectivity index (χ3v) is 5.26. The number of nitrogens with one attached hydrogen (secondary N) is 1. The van der Waals surface area contributed by atoms with Gasteiger partial charge in [0.25, 0.3) is 5.91 Å². The summed E-state index contributed by atoms with van der Waals surface area (Å²) >= 11 is 0. The Kier molecular flexibility index (Phi) is 6.88. The summed E-state index contributed by atoms with van der Waals surface area (Å²) < 4.78 is 35.7. The van der Waals surface area contributed by atoms with Crippen molar-refractivity contribution in [2.24, 2.45) is 5.10 Å². The van der Waals surface area contributed by atoms with Gasteiger partial charge in [0.1, 0.15) is 10.6 Å². The van der Waals surface area contributed by atoms with E-state index >= 15 is 0 Å². The molecule has 1 amide bonds. The van der Waals surface area contributed by atoms with E-state index in [9.17, 15) is 18.3 Å². The van der Waals surface area contributed by atoms with Gasteiger partial charge in [0.15, 0.2) is 11.5 Å². The van der Waals surface area contributed by atoms with E-state index in [-0.39, 0.29) is 22.1 Å². The maximum Gasteiger partial charge on any atom is 0.339 e. The van der Waals surface area contributed by atoms with Gasteiger partial charge in [0, 0.05) is 5.56 Å². The summed E-state index contributed by atoms with van der Waals surface area (Å²) in [5.41, 5.74) is 3.26. The molecule has 0 saturated heterocycles. The number of hydrogen-bond acceptors (Lipinski definition) is 7. The van der Waals surface area contributed by atoms with Crippen molar-refractivity contribution in [1.29, 1.82) is 0 Å². The van der Waals surface area contributed by atoms with Crippen molar-refractivity contribution in [2.75, 3.05) is 6.61 Å². The van der Waals surface area contributed by atoms with Crippen LogP contribution in [-0.4, -0.2) is 32.3 Å². The van der Waals surface area contributed by atoms with Crippen LogP contribution in [0.3, 0.4) is 0 Å². The van der Waals surface area contributed by atoms with Crippen molar-refractivity contribution in [1.82, 2.24) is 5.43 Å². The predicted molar refractivity (Wildman–Crippen MR) is 115 cm³/mol. The van der Waals surface area contributed by atoms with Crippen molar-refractivity contribution < 1.29 is 27.2 Å². The van der Waals surface area contributed by atoms with Crippen LogP contribution < -0.4 is 14.3 Å². The average molecular weight is 440 g/mol. The molecule has 3 rings (SSSR count). The second kappa shape index (κ2) is 9.77. The molecule has 0 atom stereocenters. The fourth-order valence-corrected chi connectivity index (χ4v) is 3.50. The molecule has 31 heavy (non-hydrogen) atoms. The minimum Gasteiger partial charge on any atom is -0.508 e. The van der Waals surface area contributed by atoms with E-state index in [2.05, 4.69) is 10.5 Å². The number of carbonyl (C=O) groups excluding carboxylic acids is 1. The molecule has 0 heterocycles. The first-order chi connectivity index (χ1) is 14.9. The van der Waals surface area contributed by atoms with Gasteiger partial charge in [-0.1, -0.05) is 18.2 Å². The van der Waals surface area contributed by atoms with Gasteiger partial charge in [-0.25, -0.2) is 5.43 Å². The number of ether oxygens (including phenoxy) is 1. The van der Waals surface area contributed by atoms with Crippen LogP contribution in [0.4, 0.5) is 0 Å². The molecule has 0 spiro atoms. The third-order valence-electron chi connectivity index (χ3n) is 4.01. The van der Waals surface area contributed by atoms with Crippen LogP contribution in [0, 0.1) is 0 Å². The van der Waals surface area contributed by atoms with E-state index in [0.717, 1.165) is 0 Å². The minimum absolute atomic E-state index is 0.0278. The first kappa shape index (κ1) is 21.8. The molecule has 0 aromatic heterocycles. The zero-order valence-corrected chi connectivity index (χ0v) is 17.4. The Morgan fingerprint density at radius 2 is 1.74 bits per heavy atom. The number of phenols is 1. The van der Waals surface area contributed by atoms with Gasteiger partial charge in [-0.3, -0.25) is 4.79 Å². The van der Waals surface area contributed by atoms with E-state index in [0.29, 0.717) is 17.7 Å². The Bertz CT molecular complexity index is 1180. The van der Waals surface area contributed by atoms with Crippen molar-refractivity contribution >= 4 is 22.2 Å². The summed E-state index contributed by atoms with van der Waals surface area (Å²) in [7, 11) is -4.02. The summed E-state index contributed by atoms with van der Waals surface area (Å²) in [6.07, 6.45) is 1.39. The minimum atomic E-state index is -4.02. The second-order valence-electron chi connectivity index (χ2n) is 6.24. The van der Waals surface area contributed by atoms with E-state index in [1.807, 2.05) is 0 Å².